The van der Waals surface area contributed by atoms with E-state index in [0.29, 0.717) is 17.1 Å². The summed E-state index contributed by atoms with van der Waals surface area (Å²) < 4.78 is 5.18. The molecule has 1 amide bonds. The number of aryl methyl sites for hydroxylation is 1. The maximum Gasteiger partial charge on any atom is 0.272 e. The Morgan fingerprint density at radius 3 is 2.72 bits per heavy atom. The molecule has 0 spiro atoms. The van der Waals surface area contributed by atoms with Gasteiger partial charge in [-0.3, -0.25) is 4.79 Å². The van der Waals surface area contributed by atoms with E-state index in [4.69, 9.17) is 4.74 Å². The second-order valence-corrected chi connectivity index (χ2v) is 3.91. The van der Waals surface area contributed by atoms with E-state index in [9.17, 15) is 4.79 Å². The zero-order valence-corrected chi connectivity index (χ0v) is 10.5. The van der Waals surface area contributed by atoms with Crippen LogP contribution >= 0.6 is 0 Å². The topological polar surface area (TPSA) is 54.1 Å². The lowest BCUT2D eigenvalue weighted by atomic mass is 10.3. The van der Waals surface area contributed by atoms with Crippen LogP contribution in [0.15, 0.2) is 36.4 Å². The first kappa shape index (κ1) is 12.2. The summed E-state index contributed by atoms with van der Waals surface area (Å²) in [5.74, 6) is 0.479. The second kappa shape index (κ2) is 5.40. The fraction of sp³-hybridized carbons (Fsp3) is 0.214. The fourth-order valence-electron chi connectivity index (χ4n) is 1.72. The molecule has 0 saturated carbocycles. The number of hydrogen-bond donors (Lipinski definition) is 2. The monoisotopic (exact) mass is 244 g/mol. The van der Waals surface area contributed by atoms with E-state index in [-0.39, 0.29) is 5.91 Å². The summed E-state index contributed by atoms with van der Waals surface area (Å²) in [6, 6.07) is 11.0. The number of H-pyrrole nitrogens is 1. The Morgan fingerprint density at radius 1 is 1.28 bits per heavy atom. The van der Waals surface area contributed by atoms with Crippen LogP contribution in [0.1, 0.15) is 23.1 Å². The van der Waals surface area contributed by atoms with Gasteiger partial charge in [-0.05, 0) is 30.7 Å². The van der Waals surface area contributed by atoms with Gasteiger partial charge in [0.2, 0.25) is 0 Å². The molecule has 2 N–H and O–H groups in total. The van der Waals surface area contributed by atoms with E-state index in [2.05, 4.69) is 10.3 Å². The van der Waals surface area contributed by atoms with Crippen molar-refractivity contribution in [2.75, 3.05) is 12.4 Å². The predicted octanol–water partition coefficient (Wildman–Crippen LogP) is 2.84. The molecular formula is C14H16N2O2. The highest BCUT2D eigenvalue weighted by atomic mass is 16.5. The van der Waals surface area contributed by atoms with Crippen LogP contribution in [0.3, 0.4) is 0 Å². The van der Waals surface area contributed by atoms with E-state index >= 15 is 0 Å². The number of methoxy groups -OCH3 is 1. The number of hydrogen-bond acceptors (Lipinski definition) is 2. The molecule has 4 nitrogen and oxygen atoms in total. The first-order chi connectivity index (χ1) is 8.74. The average molecular weight is 244 g/mol. The highest BCUT2D eigenvalue weighted by Gasteiger charge is 2.10. The third-order valence-corrected chi connectivity index (χ3v) is 2.73. The van der Waals surface area contributed by atoms with E-state index in [0.717, 1.165) is 12.1 Å². The van der Waals surface area contributed by atoms with Gasteiger partial charge in [0.05, 0.1) is 12.8 Å². The number of aromatic amines is 1. The van der Waals surface area contributed by atoms with Gasteiger partial charge in [-0.25, -0.2) is 0 Å². The lowest BCUT2D eigenvalue weighted by molar-refractivity contribution is 0.102. The number of aromatic nitrogens is 1. The van der Waals surface area contributed by atoms with Gasteiger partial charge in [0.1, 0.15) is 11.4 Å². The Morgan fingerprint density at radius 2 is 2.06 bits per heavy atom. The maximum absolute atomic E-state index is 12.0. The second-order valence-electron chi connectivity index (χ2n) is 3.91. The molecule has 0 fully saturated rings. The van der Waals surface area contributed by atoms with Crippen molar-refractivity contribution >= 4 is 11.6 Å². The van der Waals surface area contributed by atoms with Gasteiger partial charge < -0.3 is 15.0 Å². The van der Waals surface area contributed by atoms with Crippen molar-refractivity contribution in [3.8, 4) is 5.75 Å². The smallest absolute Gasteiger partial charge is 0.272 e. The van der Waals surface area contributed by atoms with Crippen molar-refractivity contribution in [3.05, 3.63) is 47.8 Å². The molecule has 0 bridgehead atoms. The van der Waals surface area contributed by atoms with Gasteiger partial charge in [-0.2, -0.15) is 0 Å². The average Bonchev–Trinajstić information content (AvgIpc) is 2.88. The Labute approximate surface area is 106 Å². The zero-order chi connectivity index (χ0) is 13.0. The zero-order valence-electron chi connectivity index (χ0n) is 10.5. The molecule has 0 atom stereocenters. The molecule has 0 aliphatic heterocycles. The summed E-state index contributed by atoms with van der Waals surface area (Å²) in [5, 5.41) is 2.82. The molecule has 94 valence electrons. The quantitative estimate of drug-likeness (QED) is 0.868. The van der Waals surface area contributed by atoms with Crippen molar-refractivity contribution in [1.82, 2.24) is 4.98 Å². The van der Waals surface area contributed by atoms with Gasteiger partial charge in [0.15, 0.2) is 0 Å². The standard InChI is InChI=1S/C14H16N2O2/c1-3-10-8-9-12(15-10)14(17)16-11-6-4-5-7-13(11)18-2/h4-9,15H,3H2,1-2H3,(H,16,17). The lowest BCUT2D eigenvalue weighted by Gasteiger charge is -2.08. The molecule has 4 heteroatoms. The van der Waals surface area contributed by atoms with Crippen molar-refractivity contribution in [3.63, 3.8) is 0 Å². The summed E-state index contributed by atoms with van der Waals surface area (Å²) in [6.45, 7) is 2.04. The first-order valence-corrected chi connectivity index (χ1v) is 5.87. The van der Waals surface area contributed by atoms with E-state index in [1.54, 1.807) is 19.2 Å². The van der Waals surface area contributed by atoms with Crippen LogP contribution in [0.5, 0.6) is 5.75 Å². The minimum atomic E-state index is -0.167. The minimum absolute atomic E-state index is 0.167. The molecule has 0 saturated heterocycles. The van der Waals surface area contributed by atoms with Crippen LogP contribution in [0.2, 0.25) is 0 Å². The number of anilines is 1. The number of amides is 1. The molecule has 18 heavy (non-hydrogen) atoms. The van der Waals surface area contributed by atoms with Crippen molar-refractivity contribution in [1.29, 1.82) is 0 Å². The SMILES string of the molecule is CCc1ccc(C(=O)Nc2ccccc2OC)[nH]1. The highest BCUT2D eigenvalue weighted by molar-refractivity contribution is 6.03. The molecular weight excluding hydrogens is 228 g/mol. The summed E-state index contributed by atoms with van der Waals surface area (Å²) in [5.41, 5.74) is 2.26. The van der Waals surface area contributed by atoms with Gasteiger partial charge in [-0.1, -0.05) is 19.1 Å². The number of para-hydroxylation sites is 2. The number of carbonyl (C=O) groups excluding carboxylic acids is 1. The molecule has 0 aliphatic carbocycles. The van der Waals surface area contributed by atoms with E-state index < -0.39 is 0 Å². The highest BCUT2D eigenvalue weighted by Crippen LogP contribution is 2.23. The summed E-state index contributed by atoms with van der Waals surface area (Å²) in [4.78, 5) is 15.1. The van der Waals surface area contributed by atoms with Crippen LogP contribution < -0.4 is 10.1 Å². The van der Waals surface area contributed by atoms with Crippen LogP contribution in [0.25, 0.3) is 0 Å². The Kier molecular flexibility index (Phi) is 3.67. The molecule has 2 aromatic rings. The summed E-state index contributed by atoms with van der Waals surface area (Å²) in [7, 11) is 1.58. The Balaban J connectivity index is 2.16. The van der Waals surface area contributed by atoms with E-state index in [1.165, 1.54) is 0 Å². The van der Waals surface area contributed by atoms with Crippen molar-refractivity contribution in [2.24, 2.45) is 0 Å². The number of benzene rings is 1. The molecule has 1 aromatic heterocycles. The summed E-state index contributed by atoms with van der Waals surface area (Å²) in [6.07, 6.45) is 0.877. The normalized spacial score (nSPS) is 10.1. The molecule has 0 aliphatic rings. The van der Waals surface area contributed by atoms with Crippen LogP contribution in [-0.4, -0.2) is 18.0 Å². The van der Waals surface area contributed by atoms with Crippen LogP contribution in [0, 0.1) is 0 Å². The van der Waals surface area contributed by atoms with Gasteiger partial charge in [0, 0.05) is 5.69 Å². The number of nitrogens with one attached hydrogen (secondary N) is 2. The van der Waals surface area contributed by atoms with Gasteiger partial charge in [0.25, 0.3) is 5.91 Å². The number of carbonyl (C=O) groups is 1. The Bertz CT molecular complexity index is 546. The predicted molar refractivity (Wildman–Crippen MR) is 71.1 cm³/mol. The molecule has 0 unspecified atom stereocenters. The van der Waals surface area contributed by atoms with Crippen molar-refractivity contribution < 1.29 is 9.53 Å². The molecule has 0 radical (unpaired) electrons. The largest absolute Gasteiger partial charge is 0.495 e. The lowest BCUT2D eigenvalue weighted by Crippen LogP contribution is -2.13. The van der Waals surface area contributed by atoms with Crippen LogP contribution in [0.4, 0.5) is 5.69 Å². The third kappa shape index (κ3) is 2.53. The first-order valence-electron chi connectivity index (χ1n) is 5.87. The maximum atomic E-state index is 12.0. The minimum Gasteiger partial charge on any atom is -0.495 e. The van der Waals surface area contributed by atoms with Crippen molar-refractivity contribution in [2.45, 2.75) is 13.3 Å². The number of rotatable bonds is 4. The third-order valence-electron chi connectivity index (χ3n) is 2.73. The number of ether oxygens (including phenoxy) is 1. The fourth-order valence-corrected chi connectivity index (χ4v) is 1.72. The van der Waals surface area contributed by atoms with E-state index in [1.807, 2.05) is 31.2 Å². The van der Waals surface area contributed by atoms with Gasteiger partial charge in [-0.15, -0.1) is 0 Å². The van der Waals surface area contributed by atoms with Crippen LogP contribution in [-0.2, 0) is 6.42 Å². The summed E-state index contributed by atoms with van der Waals surface area (Å²) >= 11 is 0. The Hall–Kier alpha value is -2.23. The molecule has 1 aromatic carbocycles. The van der Waals surface area contributed by atoms with Gasteiger partial charge >= 0.3 is 0 Å². The molecule has 1 heterocycles. The molecule has 2 rings (SSSR count).